The van der Waals surface area contributed by atoms with Crippen molar-refractivity contribution < 1.29 is 4.79 Å². The van der Waals surface area contributed by atoms with Crippen LogP contribution < -0.4 is 10.7 Å². The number of anilines is 1. The summed E-state index contributed by atoms with van der Waals surface area (Å²) in [6, 6.07) is 8.62. The molecule has 3 aromatic rings. The molecule has 0 aliphatic heterocycles. The molecule has 0 radical (unpaired) electrons. The molecule has 2 aromatic heterocycles. The SMILES string of the molecule is CCc1cc(=O)c2cc(NC(=O)Cc3ccn[nH]3)ccc2[nH]1. The molecule has 0 aliphatic rings. The number of H-pyrrole nitrogens is 2. The fraction of sp³-hybridized carbons (Fsp3) is 0.188. The second-order valence-electron chi connectivity index (χ2n) is 5.08. The van der Waals surface area contributed by atoms with E-state index in [1.165, 1.54) is 0 Å². The minimum atomic E-state index is -0.162. The first-order valence-corrected chi connectivity index (χ1v) is 7.10. The molecule has 1 amide bonds. The third-order valence-corrected chi connectivity index (χ3v) is 3.46. The van der Waals surface area contributed by atoms with Gasteiger partial charge in [-0.2, -0.15) is 5.10 Å². The number of aryl methyl sites for hydroxylation is 1. The molecular formula is C16H16N4O2. The van der Waals surface area contributed by atoms with Crippen LogP contribution >= 0.6 is 0 Å². The zero-order valence-corrected chi connectivity index (χ0v) is 12.1. The van der Waals surface area contributed by atoms with Gasteiger partial charge in [-0.15, -0.1) is 0 Å². The van der Waals surface area contributed by atoms with Crippen LogP contribution in [-0.2, 0) is 17.6 Å². The summed E-state index contributed by atoms with van der Waals surface area (Å²) in [5.74, 6) is -0.162. The molecule has 6 heteroatoms. The summed E-state index contributed by atoms with van der Waals surface area (Å²) in [7, 11) is 0. The number of nitrogens with zero attached hydrogens (tertiary/aromatic N) is 1. The number of aromatic amines is 2. The monoisotopic (exact) mass is 296 g/mol. The van der Waals surface area contributed by atoms with Crippen molar-refractivity contribution in [3.8, 4) is 0 Å². The summed E-state index contributed by atoms with van der Waals surface area (Å²) in [4.78, 5) is 27.3. The highest BCUT2D eigenvalue weighted by Gasteiger charge is 2.07. The van der Waals surface area contributed by atoms with Gasteiger partial charge in [-0.1, -0.05) is 6.92 Å². The molecule has 3 rings (SSSR count). The normalized spacial score (nSPS) is 10.8. The highest BCUT2D eigenvalue weighted by Crippen LogP contribution is 2.15. The Morgan fingerprint density at radius 3 is 2.82 bits per heavy atom. The number of aromatic nitrogens is 3. The average molecular weight is 296 g/mol. The number of benzene rings is 1. The van der Waals surface area contributed by atoms with Crippen LogP contribution in [0.1, 0.15) is 18.3 Å². The Labute approximate surface area is 126 Å². The second-order valence-corrected chi connectivity index (χ2v) is 5.08. The van der Waals surface area contributed by atoms with Gasteiger partial charge in [0.25, 0.3) is 0 Å². The molecule has 3 N–H and O–H groups in total. The lowest BCUT2D eigenvalue weighted by atomic mass is 10.1. The van der Waals surface area contributed by atoms with Gasteiger partial charge in [0.05, 0.1) is 6.42 Å². The zero-order valence-electron chi connectivity index (χ0n) is 12.1. The number of hydrogen-bond acceptors (Lipinski definition) is 3. The van der Waals surface area contributed by atoms with E-state index in [-0.39, 0.29) is 17.8 Å². The number of amides is 1. The Morgan fingerprint density at radius 1 is 1.23 bits per heavy atom. The summed E-state index contributed by atoms with van der Waals surface area (Å²) in [6.07, 6.45) is 2.58. The molecular weight excluding hydrogens is 280 g/mol. The van der Waals surface area contributed by atoms with Gasteiger partial charge in [-0.3, -0.25) is 14.7 Å². The van der Waals surface area contributed by atoms with Crippen LogP contribution in [0.25, 0.3) is 10.9 Å². The summed E-state index contributed by atoms with van der Waals surface area (Å²) in [6.45, 7) is 1.99. The summed E-state index contributed by atoms with van der Waals surface area (Å²) >= 11 is 0. The molecule has 0 atom stereocenters. The maximum absolute atomic E-state index is 12.1. The van der Waals surface area contributed by atoms with Crippen LogP contribution in [0.4, 0.5) is 5.69 Å². The predicted octanol–water partition coefficient (Wildman–Crippen LogP) is 1.99. The van der Waals surface area contributed by atoms with E-state index in [2.05, 4.69) is 20.5 Å². The summed E-state index contributed by atoms with van der Waals surface area (Å²) < 4.78 is 0. The van der Waals surface area contributed by atoms with Crippen molar-refractivity contribution in [1.29, 1.82) is 0 Å². The molecule has 0 aliphatic carbocycles. The smallest absolute Gasteiger partial charge is 0.230 e. The number of rotatable bonds is 4. The third kappa shape index (κ3) is 2.90. The van der Waals surface area contributed by atoms with E-state index in [1.54, 1.807) is 30.5 Å². The zero-order chi connectivity index (χ0) is 15.5. The Kier molecular flexibility index (Phi) is 3.74. The Hall–Kier alpha value is -2.89. The fourth-order valence-corrected chi connectivity index (χ4v) is 2.33. The van der Waals surface area contributed by atoms with Crippen LogP contribution in [-0.4, -0.2) is 21.1 Å². The van der Waals surface area contributed by atoms with E-state index in [4.69, 9.17) is 0 Å². The molecule has 0 unspecified atom stereocenters. The number of fused-ring (bicyclic) bond motifs is 1. The molecule has 1 aromatic carbocycles. The number of hydrogen-bond donors (Lipinski definition) is 3. The molecule has 0 bridgehead atoms. The second kappa shape index (κ2) is 5.85. The summed E-state index contributed by atoms with van der Waals surface area (Å²) in [5, 5.41) is 9.89. The maximum Gasteiger partial charge on any atom is 0.230 e. The molecule has 0 spiro atoms. The lowest BCUT2D eigenvalue weighted by Gasteiger charge is -2.07. The van der Waals surface area contributed by atoms with Gasteiger partial charge in [-0.05, 0) is 30.7 Å². The van der Waals surface area contributed by atoms with E-state index in [0.29, 0.717) is 11.1 Å². The number of pyridine rings is 1. The highest BCUT2D eigenvalue weighted by atomic mass is 16.1. The molecule has 22 heavy (non-hydrogen) atoms. The van der Waals surface area contributed by atoms with E-state index < -0.39 is 0 Å². The maximum atomic E-state index is 12.1. The van der Waals surface area contributed by atoms with E-state index in [9.17, 15) is 9.59 Å². The lowest BCUT2D eigenvalue weighted by molar-refractivity contribution is -0.115. The Balaban J connectivity index is 1.84. The van der Waals surface area contributed by atoms with Crippen LogP contribution in [0.5, 0.6) is 0 Å². The van der Waals surface area contributed by atoms with Gasteiger partial charge < -0.3 is 10.3 Å². The van der Waals surface area contributed by atoms with Crippen LogP contribution in [0.2, 0.25) is 0 Å². The van der Waals surface area contributed by atoms with Crippen molar-refractivity contribution in [2.75, 3.05) is 5.32 Å². The quantitative estimate of drug-likeness (QED) is 0.687. The lowest BCUT2D eigenvalue weighted by Crippen LogP contribution is -2.15. The first-order valence-electron chi connectivity index (χ1n) is 7.10. The van der Waals surface area contributed by atoms with Gasteiger partial charge >= 0.3 is 0 Å². The van der Waals surface area contributed by atoms with Crippen molar-refractivity contribution in [2.24, 2.45) is 0 Å². The minimum absolute atomic E-state index is 0.0460. The van der Waals surface area contributed by atoms with Gasteiger partial charge in [0.2, 0.25) is 5.91 Å². The molecule has 0 saturated heterocycles. The van der Waals surface area contributed by atoms with Crippen molar-refractivity contribution in [1.82, 2.24) is 15.2 Å². The van der Waals surface area contributed by atoms with Crippen molar-refractivity contribution >= 4 is 22.5 Å². The summed E-state index contributed by atoms with van der Waals surface area (Å²) in [5.41, 5.74) is 2.97. The van der Waals surface area contributed by atoms with Gasteiger partial charge in [-0.25, -0.2) is 0 Å². The van der Waals surface area contributed by atoms with E-state index in [0.717, 1.165) is 23.3 Å². The minimum Gasteiger partial charge on any atom is -0.358 e. The fourth-order valence-electron chi connectivity index (χ4n) is 2.33. The van der Waals surface area contributed by atoms with Crippen LogP contribution in [0.3, 0.4) is 0 Å². The Morgan fingerprint density at radius 2 is 2.09 bits per heavy atom. The standard InChI is InChI=1S/C16H16N4O2/c1-2-10-8-15(21)13-7-11(3-4-14(13)18-10)19-16(22)9-12-5-6-17-20-12/h3-8H,2,9H2,1H3,(H,17,20)(H,18,21)(H,19,22). The van der Waals surface area contributed by atoms with Crippen LogP contribution in [0, 0.1) is 0 Å². The molecule has 0 fully saturated rings. The van der Waals surface area contributed by atoms with E-state index in [1.807, 2.05) is 13.0 Å². The average Bonchev–Trinajstić information content (AvgIpc) is 3.00. The first kappa shape index (κ1) is 14.1. The Bertz CT molecular complexity index is 865. The van der Waals surface area contributed by atoms with Gasteiger partial charge in [0, 0.05) is 40.2 Å². The van der Waals surface area contributed by atoms with Crippen molar-refractivity contribution in [2.45, 2.75) is 19.8 Å². The number of nitrogens with one attached hydrogen (secondary N) is 3. The topological polar surface area (TPSA) is 90.6 Å². The number of carbonyl (C=O) groups excluding carboxylic acids is 1. The largest absolute Gasteiger partial charge is 0.358 e. The van der Waals surface area contributed by atoms with Crippen molar-refractivity contribution in [3.63, 3.8) is 0 Å². The van der Waals surface area contributed by atoms with E-state index >= 15 is 0 Å². The van der Waals surface area contributed by atoms with Crippen LogP contribution in [0.15, 0.2) is 41.3 Å². The number of carbonyl (C=O) groups is 1. The van der Waals surface area contributed by atoms with Crippen molar-refractivity contribution in [3.05, 3.63) is 58.1 Å². The molecule has 2 heterocycles. The predicted molar refractivity (Wildman–Crippen MR) is 84.9 cm³/mol. The molecule has 0 saturated carbocycles. The molecule has 6 nitrogen and oxygen atoms in total. The van der Waals surface area contributed by atoms with Gasteiger partial charge in [0.15, 0.2) is 5.43 Å². The first-order chi connectivity index (χ1) is 10.7. The highest BCUT2D eigenvalue weighted by molar-refractivity contribution is 5.94. The molecule has 112 valence electrons. The third-order valence-electron chi connectivity index (χ3n) is 3.46. The van der Waals surface area contributed by atoms with Gasteiger partial charge in [0.1, 0.15) is 0 Å².